The fourth-order valence-corrected chi connectivity index (χ4v) is 3.68. The second-order valence-corrected chi connectivity index (χ2v) is 8.13. The van der Waals surface area contributed by atoms with E-state index >= 15 is 0 Å². The van der Waals surface area contributed by atoms with Crippen molar-refractivity contribution in [1.29, 1.82) is 0 Å². The highest BCUT2D eigenvalue weighted by Gasteiger charge is 2.34. The first-order valence-corrected chi connectivity index (χ1v) is 10.1. The van der Waals surface area contributed by atoms with Crippen LogP contribution < -0.4 is 5.32 Å². The number of guanidine groups is 1. The zero-order valence-corrected chi connectivity index (χ0v) is 21.0. The number of aliphatic imine (C=N–C) groups is 1. The largest absolute Gasteiger partial charge is 0.381 e. The number of halogens is 1. The Balaban J connectivity index is 0.00000392. The highest BCUT2D eigenvalue weighted by Crippen LogP contribution is 2.26. The molecule has 0 atom stereocenters. The molecular formula is C20H39IN6O. The first-order chi connectivity index (χ1) is 12.8. The summed E-state index contributed by atoms with van der Waals surface area (Å²) < 4.78 is 7.49. The van der Waals surface area contributed by atoms with Crippen molar-refractivity contribution in [3.8, 4) is 0 Å². The van der Waals surface area contributed by atoms with E-state index in [1.165, 1.54) is 5.56 Å². The molecule has 162 valence electrons. The lowest BCUT2D eigenvalue weighted by atomic mass is 9.89. The standard InChI is InChI=1S/C20H38N6O.HI/c1-8-21-19(22-15-20(24(4)5)9-11-27-12-10-20)25(6)13-17-14-26(7)23-18(17)16(2)3;/h14,16H,8-13,15H2,1-7H3,(H,21,22);1H. The molecule has 2 rings (SSSR count). The SMILES string of the molecule is CCNC(=NCC1(N(C)C)CCOCC1)N(C)Cc1cn(C)nc1C(C)C.I. The Morgan fingerprint density at radius 2 is 1.96 bits per heavy atom. The Bertz CT molecular complexity index is 622. The minimum atomic E-state index is 0. The molecule has 0 unspecified atom stereocenters. The molecule has 7 nitrogen and oxygen atoms in total. The summed E-state index contributed by atoms with van der Waals surface area (Å²) in [6.45, 7) is 10.6. The second-order valence-electron chi connectivity index (χ2n) is 8.13. The van der Waals surface area contributed by atoms with Crippen molar-refractivity contribution in [3.05, 3.63) is 17.5 Å². The highest BCUT2D eigenvalue weighted by atomic mass is 127. The van der Waals surface area contributed by atoms with E-state index < -0.39 is 0 Å². The second kappa shape index (κ2) is 11.3. The van der Waals surface area contributed by atoms with E-state index in [4.69, 9.17) is 9.73 Å². The average molecular weight is 506 g/mol. The number of likely N-dealkylation sites (N-methyl/N-ethyl adjacent to an activating group) is 1. The average Bonchev–Trinajstić information content (AvgIpc) is 2.99. The van der Waals surface area contributed by atoms with Crippen molar-refractivity contribution in [3.63, 3.8) is 0 Å². The molecule has 2 heterocycles. The molecule has 1 saturated heterocycles. The predicted octanol–water partition coefficient (Wildman–Crippen LogP) is 2.67. The summed E-state index contributed by atoms with van der Waals surface area (Å²) in [5.41, 5.74) is 2.50. The van der Waals surface area contributed by atoms with E-state index in [9.17, 15) is 0 Å². The monoisotopic (exact) mass is 506 g/mol. The molecule has 0 bridgehead atoms. The van der Waals surface area contributed by atoms with Gasteiger partial charge in [-0.15, -0.1) is 24.0 Å². The van der Waals surface area contributed by atoms with Crippen LogP contribution in [0.15, 0.2) is 11.2 Å². The van der Waals surface area contributed by atoms with Gasteiger partial charge in [0.1, 0.15) is 0 Å². The third-order valence-electron chi connectivity index (χ3n) is 5.48. The van der Waals surface area contributed by atoms with Crippen molar-refractivity contribution in [2.75, 3.05) is 47.4 Å². The Hall–Kier alpha value is -0.870. The van der Waals surface area contributed by atoms with E-state index in [0.717, 1.165) is 57.3 Å². The summed E-state index contributed by atoms with van der Waals surface area (Å²) >= 11 is 0. The molecule has 1 aromatic heterocycles. The quantitative estimate of drug-likeness (QED) is 0.350. The lowest BCUT2D eigenvalue weighted by Gasteiger charge is -2.42. The van der Waals surface area contributed by atoms with E-state index in [0.29, 0.717) is 5.92 Å². The molecule has 1 fully saturated rings. The number of rotatable bonds is 7. The molecule has 8 heteroatoms. The van der Waals surface area contributed by atoms with E-state index in [-0.39, 0.29) is 29.5 Å². The molecule has 0 aromatic carbocycles. The van der Waals surface area contributed by atoms with Crippen molar-refractivity contribution in [2.24, 2.45) is 12.0 Å². The van der Waals surface area contributed by atoms with Gasteiger partial charge in [0.25, 0.3) is 0 Å². The smallest absolute Gasteiger partial charge is 0.194 e. The van der Waals surface area contributed by atoms with Crippen LogP contribution in [0.3, 0.4) is 0 Å². The topological polar surface area (TPSA) is 57.9 Å². The van der Waals surface area contributed by atoms with Crippen LogP contribution >= 0.6 is 24.0 Å². The van der Waals surface area contributed by atoms with E-state index in [2.05, 4.69) is 68.3 Å². The molecule has 0 radical (unpaired) electrons. The van der Waals surface area contributed by atoms with Crippen LogP contribution in [0, 0.1) is 0 Å². The summed E-state index contributed by atoms with van der Waals surface area (Å²) in [5.74, 6) is 1.36. The number of aryl methyl sites for hydroxylation is 1. The predicted molar refractivity (Wildman–Crippen MR) is 127 cm³/mol. The van der Waals surface area contributed by atoms with Gasteiger partial charge in [0.15, 0.2) is 5.96 Å². The highest BCUT2D eigenvalue weighted by molar-refractivity contribution is 14.0. The Morgan fingerprint density at radius 3 is 2.50 bits per heavy atom. The Labute approximate surface area is 187 Å². The molecule has 1 aliphatic heterocycles. The van der Waals surface area contributed by atoms with Gasteiger partial charge >= 0.3 is 0 Å². The number of nitrogens with zero attached hydrogens (tertiary/aromatic N) is 5. The number of nitrogens with one attached hydrogen (secondary N) is 1. The van der Waals surface area contributed by atoms with Crippen LogP contribution in [-0.2, 0) is 18.3 Å². The van der Waals surface area contributed by atoms with Gasteiger partial charge in [-0.1, -0.05) is 13.8 Å². The summed E-state index contributed by atoms with van der Waals surface area (Å²) in [6, 6.07) is 0. The van der Waals surface area contributed by atoms with Crippen LogP contribution in [0.5, 0.6) is 0 Å². The minimum Gasteiger partial charge on any atom is -0.381 e. The van der Waals surface area contributed by atoms with Gasteiger partial charge in [-0.25, -0.2) is 0 Å². The fraction of sp³-hybridized carbons (Fsp3) is 0.800. The Morgan fingerprint density at radius 1 is 1.32 bits per heavy atom. The molecule has 28 heavy (non-hydrogen) atoms. The van der Waals surface area contributed by atoms with Gasteiger partial charge in [0.05, 0.1) is 12.2 Å². The fourth-order valence-electron chi connectivity index (χ4n) is 3.68. The molecule has 1 N–H and O–H groups in total. The molecule has 0 saturated carbocycles. The molecule has 0 aliphatic carbocycles. The maximum atomic E-state index is 5.58. The van der Waals surface area contributed by atoms with Crippen molar-refractivity contribution < 1.29 is 4.74 Å². The first kappa shape index (κ1) is 25.2. The van der Waals surface area contributed by atoms with E-state index in [1.807, 2.05) is 11.7 Å². The number of hydrogen-bond acceptors (Lipinski definition) is 4. The third kappa shape index (κ3) is 6.32. The lowest BCUT2D eigenvalue weighted by molar-refractivity contribution is -0.00263. The normalized spacial score (nSPS) is 17.0. The van der Waals surface area contributed by atoms with Crippen LogP contribution in [0.1, 0.15) is 50.8 Å². The number of aromatic nitrogens is 2. The summed E-state index contributed by atoms with van der Waals surface area (Å²) in [7, 11) is 8.40. The van der Waals surface area contributed by atoms with E-state index in [1.54, 1.807) is 0 Å². The Kier molecular flexibility index (Phi) is 10.2. The van der Waals surface area contributed by atoms with Crippen molar-refractivity contribution >= 4 is 29.9 Å². The van der Waals surface area contributed by atoms with Crippen LogP contribution in [0.2, 0.25) is 0 Å². The summed E-state index contributed by atoms with van der Waals surface area (Å²) in [5, 5.41) is 8.08. The number of ether oxygens (including phenoxy) is 1. The maximum Gasteiger partial charge on any atom is 0.194 e. The first-order valence-electron chi connectivity index (χ1n) is 10.1. The summed E-state index contributed by atoms with van der Waals surface area (Å²) in [4.78, 5) is 9.54. The zero-order chi connectivity index (χ0) is 20.0. The van der Waals surface area contributed by atoms with Gasteiger partial charge in [-0.2, -0.15) is 5.10 Å². The lowest BCUT2D eigenvalue weighted by Crippen LogP contribution is -2.51. The van der Waals surface area contributed by atoms with Crippen LogP contribution in [-0.4, -0.2) is 78.5 Å². The molecule has 0 spiro atoms. The molecule has 1 aliphatic rings. The molecule has 1 aromatic rings. The maximum absolute atomic E-state index is 5.58. The minimum absolute atomic E-state index is 0. The number of hydrogen-bond donors (Lipinski definition) is 1. The third-order valence-corrected chi connectivity index (χ3v) is 5.48. The molecular weight excluding hydrogens is 467 g/mol. The van der Waals surface area contributed by atoms with Gasteiger partial charge in [-0.3, -0.25) is 9.67 Å². The van der Waals surface area contributed by atoms with Gasteiger partial charge in [0.2, 0.25) is 0 Å². The van der Waals surface area contributed by atoms with Crippen LogP contribution in [0.4, 0.5) is 0 Å². The summed E-state index contributed by atoms with van der Waals surface area (Å²) in [6.07, 6.45) is 4.16. The van der Waals surface area contributed by atoms with Gasteiger partial charge in [-0.05, 0) is 39.8 Å². The van der Waals surface area contributed by atoms with Gasteiger partial charge < -0.3 is 19.9 Å². The van der Waals surface area contributed by atoms with Gasteiger partial charge in [0, 0.05) is 57.7 Å². The van der Waals surface area contributed by atoms with Crippen molar-refractivity contribution in [2.45, 2.75) is 51.6 Å². The molecule has 0 amide bonds. The van der Waals surface area contributed by atoms with Crippen molar-refractivity contribution in [1.82, 2.24) is 24.9 Å². The zero-order valence-electron chi connectivity index (χ0n) is 18.7. The van der Waals surface area contributed by atoms with Crippen LogP contribution in [0.25, 0.3) is 0 Å².